The maximum Gasteiger partial charge on any atom is 0.131 e. The summed E-state index contributed by atoms with van der Waals surface area (Å²) in [6.07, 6.45) is 1.73. The number of benzene rings is 10. The van der Waals surface area contributed by atoms with Crippen LogP contribution in [-0.4, -0.2) is 0 Å². The Hall–Kier alpha value is -7.94. The van der Waals surface area contributed by atoms with Gasteiger partial charge in [0.25, 0.3) is 0 Å². The Balaban J connectivity index is 1.07. The van der Waals surface area contributed by atoms with E-state index in [0.29, 0.717) is 11.1 Å². The standard InChI is InChI=1S/C69H52F2/c1-42-18-15-27-57-63(42)64-43(2)32-35-53(67(64)69(57)58-28-16-30-61(70)65(58)66-59(69)29-17-31-62(66)71)50-39-48(44-19-7-5-8-20-44)38-49(40-50)52(36-33-46-23-11-12-24-51(46)45-21-9-6-10-22-45)47-34-37-55-54-25-13-14-26-56(54)68(3,4)60(55)41-47/h5-32,34-35,37-41,52H,33,36H2,1-4H3. The number of fused-ring (bicyclic) bond motifs is 13. The zero-order valence-corrected chi connectivity index (χ0v) is 40.5. The minimum Gasteiger partial charge on any atom is -0.206 e. The number of aryl methyl sites for hydroxylation is 3. The molecule has 10 aromatic rings. The molecule has 0 fully saturated rings. The van der Waals surface area contributed by atoms with E-state index >= 15 is 8.78 Å². The van der Waals surface area contributed by atoms with E-state index in [2.05, 4.69) is 204 Å². The summed E-state index contributed by atoms with van der Waals surface area (Å²) in [7, 11) is 0. The van der Waals surface area contributed by atoms with Crippen LogP contribution in [0.3, 0.4) is 0 Å². The maximum absolute atomic E-state index is 16.6. The Kier molecular flexibility index (Phi) is 9.91. The highest BCUT2D eigenvalue weighted by molar-refractivity contribution is 6.01. The monoisotopic (exact) mass is 918 g/mol. The third kappa shape index (κ3) is 6.40. The van der Waals surface area contributed by atoms with Crippen LogP contribution in [0, 0.1) is 25.5 Å². The van der Waals surface area contributed by atoms with Crippen LogP contribution in [0.1, 0.15) is 87.4 Å². The molecule has 1 spiro atoms. The van der Waals surface area contributed by atoms with Gasteiger partial charge < -0.3 is 0 Å². The molecule has 0 nitrogen and oxygen atoms in total. The van der Waals surface area contributed by atoms with Gasteiger partial charge in [0, 0.05) is 22.5 Å². The van der Waals surface area contributed by atoms with Crippen LogP contribution in [-0.2, 0) is 17.3 Å². The smallest absolute Gasteiger partial charge is 0.131 e. The molecule has 3 aliphatic rings. The SMILES string of the molecule is Cc1cccc2c1-c1c(C)ccc(-c3cc(-c4ccccc4)cc(C(CCc4ccccc4-c4ccccc4)c4ccc5c(c4)C(C)(C)c4ccccc4-5)c3)c1C21c2cccc(F)c2-c2c(F)cccc21. The summed E-state index contributed by atoms with van der Waals surface area (Å²) in [5, 5.41) is 0. The molecular formula is C69H52F2. The lowest BCUT2D eigenvalue weighted by Crippen LogP contribution is -2.27. The molecule has 3 aliphatic carbocycles. The first-order chi connectivity index (χ1) is 34.6. The molecule has 0 radical (unpaired) electrons. The zero-order chi connectivity index (χ0) is 48.2. The summed E-state index contributed by atoms with van der Waals surface area (Å²) in [6.45, 7) is 9.10. The van der Waals surface area contributed by atoms with E-state index in [1.165, 1.54) is 62.2 Å². The van der Waals surface area contributed by atoms with Crippen molar-refractivity contribution in [3.63, 3.8) is 0 Å². The van der Waals surface area contributed by atoms with Gasteiger partial charge in [-0.3, -0.25) is 0 Å². The highest BCUT2D eigenvalue weighted by Gasteiger charge is 2.55. The topological polar surface area (TPSA) is 0 Å². The number of halogens is 2. The van der Waals surface area contributed by atoms with Gasteiger partial charge in [0.15, 0.2) is 0 Å². The van der Waals surface area contributed by atoms with Gasteiger partial charge in [0.2, 0.25) is 0 Å². The fourth-order valence-corrected chi connectivity index (χ4v) is 13.2. The summed E-state index contributed by atoms with van der Waals surface area (Å²) < 4.78 is 33.2. The zero-order valence-electron chi connectivity index (χ0n) is 40.5. The van der Waals surface area contributed by atoms with Gasteiger partial charge in [-0.2, -0.15) is 0 Å². The Morgan fingerprint density at radius 3 is 1.65 bits per heavy atom. The van der Waals surface area contributed by atoms with Crippen LogP contribution in [0.5, 0.6) is 0 Å². The van der Waals surface area contributed by atoms with E-state index in [-0.39, 0.29) is 11.3 Å². The number of hydrogen-bond donors (Lipinski definition) is 0. The van der Waals surface area contributed by atoms with Crippen molar-refractivity contribution in [3.05, 3.63) is 285 Å². The molecule has 13 rings (SSSR count). The fourth-order valence-electron chi connectivity index (χ4n) is 13.2. The molecule has 2 heteroatoms. The van der Waals surface area contributed by atoms with Gasteiger partial charge in [-0.25, -0.2) is 8.78 Å². The van der Waals surface area contributed by atoms with E-state index < -0.39 is 17.0 Å². The Labute approximate surface area is 416 Å². The predicted octanol–water partition coefficient (Wildman–Crippen LogP) is 18.0. The van der Waals surface area contributed by atoms with Crippen molar-refractivity contribution in [3.8, 4) is 66.8 Å². The van der Waals surface area contributed by atoms with E-state index in [4.69, 9.17) is 0 Å². The highest BCUT2D eigenvalue weighted by Crippen LogP contribution is 2.66. The second kappa shape index (κ2) is 16.3. The molecule has 1 unspecified atom stereocenters. The maximum atomic E-state index is 16.6. The molecule has 0 N–H and O–H groups in total. The van der Waals surface area contributed by atoms with Crippen LogP contribution in [0.15, 0.2) is 212 Å². The first kappa shape index (κ1) is 43.1. The summed E-state index contributed by atoms with van der Waals surface area (Å²) in [5.74, 6) is -0.810. The molecule has 0 saturated carbocycles. The third-order valence-electron chi connectivity index (χ3n) is 16.4. The molecule has 10 aromatic carbocycles. The molecule has 0 aliphatic heterocycles. The predicted molar refractivity (Wildman–Crippen MR) is 289 cm³/mol. The molecule has 0 bridgehead atoms. The number of hydrogen-bond acceptors (Lipinski definition) is 0. The van der Waals surface area contributed by atoms with Crippen LogP contribution in [0.4, 0.5) is 8.78 Å². The second-order valence-corrected chi connectivity index (χ2v) is 20.6. The van der Waals surface area contributed by atoms with Crippen molar-refractivity contribution in [2.75, 3.05) is 0 Å². The number of rotatable bonds is 8. The normalized spacial score (nSPS) is 14.3. The second-order valence-electron chi connectivity index (χ2n) is 20.6. The average Bonchev–Trinajstić information content (AvgIpc) is 3.98. The van der Waals surface area contributed by atoms with E-state index in [0.717, 1.165) is 79.6 Å². The summed E-state index contributed by atoms with van der Waals surface area (Å²) in [4.78, 5) is 0. The van der Waals surface area contributed by atoms with Gasteiger partial charge in [0.1, 0.15) is 11.6 Å². The van der Waals surface area contributed by atoms with Gasteiger partial charge in [-0.1, -0.05) is 208 Å². The Morgan fingerprint density at radius 1 is 0.380 bits per heavy atom. The van der Waals surface area contributed by atoms with Crippen molar-refractivity contribution >= 4 is 0 Å². The minimum absolute atomic E-state index is 0.00840. The van der Waals surface area contributed by atoms with Crippen molar-refractivity contribution in [2.45, 2.75) is 57.3 Å². The van der Waals surface area contributed by atoms with Crippen molar-refractivity contribution in [2.24, 2.45) is 0 Å². The Bertz CT molecular complexity index is 3710. The lowest BCUT2D eigenvalue weighted by Gasteiger charge is -2.33. The first-order valence-electron chi connectivity index (χ1n) is 25.1. The highest BCUT2D eigenvalue weighted by atomic mass is 19.1. The molecular weight excluding hydrogens is 867 g/mol. The van der Waals surface area contributed by atoms with E-state index in [1.807, 2.05) is 12.1 Å². The van der Waals surface area contributed by atoms with E-state index in [1.54, 1.807) is 12.1 Å². The summed E-state index contributed by atoms with van der Waals surface area (Å²) in [6, 6.07) is 75.3. The van der Waals surface area contributed by atoms with Crippen molar-refractivity contribution < 1.29 is 8.78 Å². The Morgan fingerprint density at radius 2 is 0.930 bits per heavy atom. The summed E-state index contributed by atoms with van der Waals surface area (Å²) in [5.41, 5.74) is 23.9. The third-order valence-corrected chi connectivity index (χ3v) is 16.4. The van der Waals surface area contributed by atoms with Crippen molar-refractivity contribution in [1.82, 2.24) is 0 Å². The lowest BCUT2D eigenvalue weighted by molar-refractivity contribution is 0.617. The summed E-state index contributed by atoms with van der Waals surface area (Å²) >= 11 is 0. The molecule has 0 aromatic heterocycles. The molecule has 1 atom stereocenters. The average molecular weight is 919 g/mol. The molecule has 0 saturated heterocycles. The van der Waals surface area contributed by atoms with Crippen LogP contribution >= 0.6 is 0 Å². The first-order valence-corrected chi connectivity index (χ1v) is 25.1. The lowest BCUT2D eigenvalue weighted by atomic mass is 9.68. The van der Waals surface area contributed by atoms with Gasteiger partial charge in [-0.15, -0.1) is 0 Å². The van der Waals surface area contributed by atoms with Crippen LogP contribution < -0.4 is 0 Å². The quantitative estimate of drug-likeness (QED) is 0.142. The van der Waals surface area contributed by atoms with Crippen molar-refractivity contribution in [1.29, 1.82) is 0 Å². The van der Waals surface area contributed by atoms with Gasteiger partial charge >= 0.3 is 0 Å². The van der Waals surface area contributed by atoms with E-state index in [9.17, 15) is 0 Å². The van der Waals surface area contributed by atoms with Gasteiger partial charge in [0.05, 0.1) is 5.41 Å². The largest absolute Gasteiger partial charge is 0.206 e. The molecule has 0 heterocycles. The molecule has 342 valence electrons. The fraction of sp³-hybridized carbons (Fsp3) is 0.130. The van der Waals surface area contributed by atoms with Gasteiger partial charge in [-0.05, 0) is 162 Å². The molecule has 0 amide bonds. The van der Waals surface area contributed by atoms with Crippen LogP contribution in [0.2, 0.25) is 0 Å². The minimum atomic E-state index is -0.975. The molecule has 71 heavy (non-hydrogen) atoms. The van der Waals surface area contributed by atoms with Crippen LogP contribution in [0.25, 0.3) is 66.8 Å².